The molecule has 0 unspecified atom stereocenters. The minimum Gasteiger partial charge on any atom is -0.270 e. The van der Waals surface area contributed by atoms with E-state index in [2.05, 4.69) is 21.4 Å². The Morgan fingerprint density at radius 2 is 2.00 bits per heavy atom. The highest BCUT2D eigenvalue weighted by molar-refractivity contribution is 9.10. The number of hydrogen-bond acceptors (Lipinski definition) is 2. The van der Waals surface area contributed by atoms with Crippen molar-refractivity contribution in [2.45, 2.75) is 26.3 Å². The second-order valence-electron chi connectivity index (χ2n) is 4.40. The van der Waals surface area contributed by atoms with Crippen molar-refractivity contribution in [1.82, 2.24) is 9.95 Å². The van der Waals surface area contributed by atoms with E-state index in [1.165, 1.54) is 4.53 Å². The van der Waals surface area contributed by atoms with Gasteiger partial charge in [0.05, 0.1) is 0 Å². The summed E-state index contributed by atoms with van der Waals surface area (Å²) in [7, 11) is 0. The van der Waals surface area contributed by atoms with E-state index in [-0.39, 0.29) is 23.9 Å². The van der Waals surface area contributed by atoms with Crippen LogP contribution < -0.4 is 5.43 Å². The average Bonchev–Trinajstić information content (AvgIpc) is 2.16. The molecule has 0 radical (unpaired) electrons. The number of halogens is 3. The highest BCUT2D eigenvalue weighted by atomic mass is 79.9. The molecule has 3 nitrogen and oxygen atoms in total. The van der Waals surface area contributed by atoms with E-state index in [4.69, 9.17) is 11.8 Å². The molecule has 0 heterocycles. The summed E-state index contributed by atoms with van der Waals surface area (Å²) in [6.45, 7) is 5.71. The largest absolute Gasteiger partial charge is 0.270 e. The number of carbonyl (C=O) groups excluding carboxylic acids is 1. The zero-order valence-electron chi connectivity index (χ0n) is 9.83. The molecule has 0 bridgehead atoms. The highest BCUT2D eigenvalue weighted by Gasteiger charge is 2.21. The molecule has 0 aliphatic carbocycles. The Morgan fingerprint density at radius 3 is 2.47 bits per heavy atom. The lowest BCUT2D eigenvalue weighted by Crippen LogP contribution is -2.46. The minimum absolute atomic E-state index is 0. The number of hydrogen-bond donors (Lipinski definition) is 1. The first-order valence-electron chi connectivity index (χ1n) is 4.83. The summed E-state index contributed by atoms with van der Waals surface area (Å²) in [5.41, 5.74) is 2.83. The number of carbonyl (C=O) groups is 1. The van der Waals surface area contributed by atoms with Gasteiger partial charge in [0.1, 0.15) is 0 Å². The molecule has 6 heteroatoms. The standard InChI is InChI=1S/C11H14BrClN2O.ClH/c1-11(2,3)15(13)14-10(16)8-5-4-6-9(12)7-8;/h4-7H,1-3H3,(H,14,16);1H. The fourth-order valence-electron chi connectivity index (χ4n) is 0.951. The second-order valence-corrected chi connectivity index (χ2v) is 5.66. The van der Waals surface area contributed by atoms with Crippen LogP contribution in [-0.4, -0.2) is 16.0 Å². The van der Waals surface area contributed by atoms with E-state index < -0.39 is 0 Å². The Balaban J connectivity index is 0.00000256. The average molecular weight is 342 g/mol. The van der Waals surface area contributed by atoms with Crippen molar-refractivity contribution in [3.05, 3.63) is 34.3 Å². The third kappa shape index (κ3) is 5.25. The molecule has 1 rings (SSSR count). The topological polar surface area (TPSA) is 32.3 Å². The van der Waals surface area contributed by atoms with Gasteiger partial charge in [-0.15, -0.1) is 16.9 Å². The van der Waals surface area contributed by atoms with Gasteiger partial charge >= 0.3 is 0 Å². The molecule has 1 amide bonds. The number of rotatable bonds is 2. The Morgan fingerprint density at radius 1 is 1.41 bits per heavy atom. The van der Waals surface area contributed by atoms with Crippen molar-refractivity contribution in [1.29, 1.82) is 0 Å². The molecule has 1 N–H and O–H groups in total. The summed E-state index contributed by atoms with van der Waals surface area (Å²) in [6.07, 6.45) is 0. The number of nitrogens with one attached hydrogen (secondary N) is 1. The van der Waals surface area contributed by atoms with Crippen molar-refractivity contribution in [2.24, 2.45) is 0 Å². The van der Waals surface area contributed by atoms with Gasteiger partial charge in [-0.3, -0.25) is 10.2 Å². The first-order chi connectivity index (χ1) is 7.30. The minimum atomic E-state index is -0.330. The van der Waals surface area contributed by atoms with Crippen LogP contribution in [0.3, 0.4) is 0 Å². The molecule has 0 spiro atoms. The lowest BCUT2D eigenvalue weighted by Gasteiger charge is -2.28. The van der Waals surface area contributed by atoms with Crippen molar-refractivity contribution < 1.29 is 4.79 Å². The molecule has 17 heavy (non-hydrogen) atoms. The van der Waals surface area contributed by atoms with Gasteiger partial charge in [-0.2, -0.15) is 0 Å². The van der Waals surface area contributed by atoms with Crippen LogP contribution in [0.25, 0.3) is 0 Å². The summed E-state index contributed by atoms with van der Waals surface area (Å²) in [5.74, 6) is -0.230. The van der Waals surface area contributed by atoms with Crippen molar-refractivity contribution in [3.8, 4) is 0 Å². The molecule has 1 aromatic rings. The molecular weight excluding hydrogens is 327 g/mol. The Kier molecular flexibility index (Phi) is 6.48. The molecule has 0 atom stereocenters. The smallest absolute Gasteiger partial charge is 0.266 e. The molecular formula is C11H15BrCl2N2O. The summed E-state index contributed by atoms with van der Waals surface area (Å²) in [6, 6.07) is 7.13. The quantitative estimate of drug-likeness (QED) is 0.656. The van der Waals surface area contributed by atoms with E-state index in [1.54, 1.807) is 18.2 Å². The Bertz CT molecular complexity index is 393. The molecule has 0 fully saturated rings. The highest BCUT2D eigenvalue weighted by Crippen LogP contribution is 2.15. The van der Waals surface area contributed by atoms with Gasteiger partial charge in [0.15, 0.2) is 0 Å². The molecule has 96 valence electrons. The summed E-state index contributed by atoms with van der Waals surface area (Å²) >= 11 is 9.24. The van der Waals surface area contributed by atoms with Crippen LogP contribution in [0.15, 0.2) is 28.7 Å². The number of benzene rings is 1. The fraction of sp³-hybridized carbons (Fsp3) is 0.364. The zero-order chi connectivity index (χ0) is 12.3. The van der Waals surface area contributed by atoms with Crippen LogP contribution in [0, 0.1) is 0 Å². The lowest BCUT2D eigenvalue weighted by atomic mass is 10.1. The van der Waals surface area contributed by atoms with Crippen LogP contribution in [0.2, 0.25) is 0 Å². The van der Waals surface area contributed by atoms with Crippen molar-refractivity contribution in [3.63, 3.8) is 0 Å². The van der Waals surface area contributed by atoms with E-state index >= 15 is 0 Å². The predicted octanol–water partition coefficient (Wildman–Crippen LogP) is 3.77. The van der Waals surface area contributed by atoms with Crippen LogP contribution >= 0.6 is 40.1 Å². The van der Waals surface area contributed by atoms with E-state index in [0.717, 1.165) is 4.47 Å². The molecule has 0 saturated heterocycles. The van der Waals surface area contributed by atoms with Gasteiger partial charge < -0.3 is 0 Å². The summed E-state index contributed by atoms with van der Waals surface area (Å²) in [4.78, 5) is 11.8. The van der Waals surface area contributed by atoms with Crippen molar-refractivity contribution >= 4 is 46.0 Å². The van der Waals surface area contributed by atoms with Gasteiger partial charge in [-0.1, -0.05) is 22.0 Å². The predicted molar refractivity (Wildman–Crippen MR) is 76.3 cm³/mol. The van der Waals surface area contributed by atoms with Crippen molar-refractivity contribution in [2.75, 3.05) is 0 Å². The first kappa shape index (κ1) is 16.7. The van der Waals surface area contributed by atoms with Crippen LogP contribution in [0.5, 0.6) is 0 Å². The van der Waals surface area contributed by atoms with Gasteiger partial charge in [-0.25, -0.2) is 0 Å². The monoisotopic (exact) mass is 340 g/mol. The summed E-state index contributed by atoms with van der Waals surface area (Å²) in [5, 5.41) is 0. The number of nitrogens with zero attached hydrogens (tertiary/aromatic N) is 1. The zero-order valence-corrected chi connectivity index (χ0v) is 13.0. The number of hydrazine groups is 1. The van der Waals surface area contributed by atoms with Gasteiger partial charge in [0.2, 0.25) is 0 Å². The fourth-order valence-corrected chi connectivity index (χ4v) is 1.43. The lowest BCUT2D eigenvalue weighted by molar-refractivity contribution is 0.0806. The normalized spacial score (nSPS) is 10.9. The molecule has 1 aromatic carbocycles. The number of amides is 1. The van der Waals surface area contributed by atoms with E-state index in [9.17, 15) is 4.79 Å². The van der Waals surface area contributed by atoms with Crippen LogP contribution in [0.1, 0.15) is 31.1 Å². The van der Waals surface area contributed by atoms with Crippen LogP contribution in [-0.2, 0) is 0 Å². The molecule has 0 aliphatic rings. The summed E-state index contributed by atoms with van der Waals surface area (Å²) < 4.78 is 2.13. The maximum atomic E-state index is 11.8. The first-order valence-corrected chi connectivity index (χ1v) is 5.96. The van der Waals surface area contributed by atoms with Gasteiger partial charge in [0, 0.05) is 27.4 Å². The molecule has 0 aliphatic heterocycles. The third-order valence-electron chi connectivity index (χ3n) is 1.88. The second kappa shape index (κ2) is 6.59. The van der Waals surface area contributed by atoms with E-state index in [1.807, 2.05) is 26.8 Å². The molecule has 0 aromatic heterocycles. The van der Waals surface area contributed by atoms with Gasteiger partial charge in [-0.05, 0) is 39.0 Å². The van der Waals surface area contributed by atoms with E-state index in [0.29, 0.717) is 5.56 Å². The maximum Gasteiger partial charge on any atom is 0.266 e. The van der Waals surface area contributed by atoms with Gasteiger partial charge in [0.25, 0.3) is 5.91 Å². The molecule has 0 saturated carbocycles. The third-order valence-corrected chi connectivity index (χ3v) is 2.96. The maximum absolute atomic E-state index is 11.8. The Hall–Kier alpha value is -0.290. The van der Waals surface area contributed by atoms with Crippen LogP contribution in [0.4, 0.5) is 0 Å². The Labute approximate surface area is 121 Å². The SMILES string of the molecule is CC(C)(C)N(Cl)NC(=O)c1cccc(Br)c1.Cl.